The van der Waals surface area contributed by atoms with Crippen LogP contribution in [0.25, 0.3) is 10.6 Å². The Kier molecular flexibility index (Phi) is 5.08. The molecule has 5 nitrogen and oxygen atoms in total. The van der Waals surface area contributed by atoms with Crippen molar-refractivity contribution in [2.45, 2.75) is 6.54 Å². The molecule has 1 amide bonds. The van der Waals surface area contributed by atoms with Crippen LogP contribution in [0.3, 0.4) is 0 Å². The fraction of sp³-hybridized carbons (Fsp3) is 0.118. The van der Waals surface area contributed by atoms with E-state index < -0.39 is 0 Å². The SMILES string of the molecule is COc1cccc(CNC(=O)c2ccc(-c3ccnc(Cl)n3)s2)c1. The molecule has 122 valence electrons. The molecule has 1 N–H and O–H groups in total. The van der Waals surface area contributed by atoms with Crippen molar-refractivity contribution in [3.63, 3.8) is 0 Å². The van der Waals surface area contributed by atoms with Crippen LogP contribution in [0, 0.1) is 0 Å². The maximum Gasteiger partial charge on any atom is 0.261 e. The number of benzene rings is 1. The van der Waals surface area contributed by atoms with Gasteiger partial charge in [0.1, 0.15) is 5.75 Å². The molecule has 0 aliphatic heterocycles. The topological polar surface area (TPSA) is 64.1 Å². The molecular weight excluding hydrogens is 346 g/mol. The zero-order valence-corrected chi connectivity index (χ0v) is 14.4. The van der Waals surface area contributed by atoms with Crippen LogP contribution < -0.4 is 10.1 Å². The summed E-state index contributed by atoms with van der Waals surface area (Å²) in [5.41, 5.74) is 1.67. The highest BCUT2D eigenvalue weighted by Crippen LogP contribution is 2.27. The Hall–Kier alpha value is -2.44. The minimum absolute atomic E-state index is 0.130. The monoisotopic (exact) mass is 359 g/mol. The molecule has 1 aromatic carbocycles. The zero-order valence-electron chi connectivity index (χ0n) is 12.8. The molecule has 3 aromatic rings. The first kappa shape index (κ1) is 16.4. The van der Waals surface area contributed by atoms with Gasteiger partial charge in [-0.1, -0.05) is 12.1 Å². The highest BCUT2D eigenvalue weighted by Gasteiger charge is 2.11. The van der Waals surface area contributed by atoms with Gasteiger partial charge in [0.15, 0.2) is 0 Å². The maximum absolute atomic E-state index is 12.3. The summed E-state index contributed by atoms with van der Waals surface area (Å²) < 4.78 is 5.17. The van der Waals surface area contributed by atoms with E-state index in [0.717, 1.165) is 16.2 Å². The van der Waals surface area contributed by atoms with E-state index in [2.05, 4.69) is 15.3 Å². The van der Waals surface area contributed by atoms with Crippen LogP contribution in [-0.2, 0) is 6.54 Å². The lowest BCUT2D eigenvalue weighted by Crippen LogP contribution is -2.21. The van der Waals surface area contributed by atoms with Gasteiger partial charge in [-0.2, -0.15) is 0 Å². The summed E-state index contributed by atoms with van der Waals surface area (Å²) in [7, 11) is 1.62. The van der Waals surface area contributed by atoms with Gasteiger partial charge in [0.05, 0.1) is 22.6 Å². The minimum Gasteiger partial charge on any atom is -0.497 e. The molecule has 3 rings (SSSR count). The molecule has 0 unspecified atom stereocenters. The van der Waals surface area contributed by atoms with E-state index in [1.807, 2.05) is 30.3 Å². The molecule has 0 atom stereocenters. The van der Waals surface area contributed by atoms with Gasteiger partial charge >= 0.3 is 0 Å². The molecular formula is C17H14ClN3O2S. The highest BCUT2D eigenvalue weighted by atomic mass is 35.5. The number of rotatable bonds is 5. The molecule has 0 saturated carbocycles. The molecule has 2 aromatic heterocycles. The summed E-state index contributed by atoms with van der Waals surface area (Å²) in [5.74, 6) is 0.634. The predicted molar refractivity (Wildman–Crippen MR) is 94.5 cm³/mol. The second kappa shape index (κ2) is 7.42. The third-order valence-corrected chi connectivity index (χ3v) is 4.58. The minimum atomic E-state index is -0.130. The Balaban J connectivity index is 1.67. The fourth-order valence-corrected chi connectivity index (χ4v) is 3.16. The molecule has 0 radical (unpaired) electrons. The van der Waals surface area contributed by atoms with Crippen molar-refractivity contribution in [1.82, 2.24) is 15.3 Å². The average Bonchev–Trinajstić information content (AvgIpc) is 3.10. The fourth-order valence-electron chi connectivity index (χ4n) is 2.12. The Labute approximate surface area is 148 Å². The van der Waals surface area contributed by atoms with Gasteiger partial charge in [-0.3, -0.25) is 4.79 Å². The zero-order chi connectivity index (χ0) is 16.9. The first-order valence-electron chi connectivity index (χ1n) is 7.15. The lowest BCUT2D eigenvalue weighted by atomic mass is 10.2. The van der Waals surface area contributed by atoms with E-state index in [1.54, 1.807) is 25.4 Å². The molecule has 0 bridgehead atoms. The van der Waals surface area contributed by atoms with Crippen molar-refractivity contribution in [3.8, 4) is 16.3 Å². The summed E-state index contributed by atoms with van der Waals surface area (Å²) >= 11 is 7.16. The smallest absolute Gasteiger partial charge is 0.261 e. The molecule has 7 heteroatoms. The van der Waals surface area contributed by atoms with Gasteiger partial charge in [-0.05, 0) is 47.5 Å². The molecule has 0 fully saturated rings. The number of nitrogens with one attached hydrogen (secondary N) is 1. The van der Waals surface area contributed by atoms with Gasteiger partial charge in [-0.15, -0.1) is 11.3 Å². The summed E-state index contributed by atoms with van der Waals surface area (Å²) in [6, 6.07) is 13.0. The number of aromatic nitrogens is 2. The van der Waals surface area contributed by atoms with Crippen LogP contribution in [0.5, 0.6) is 5.75 Å². The van der Waals surface area contributed by atoms with E-state index in [1.165, 1.54) is 11.3 Å². The Morgan fingerprint density at radius 1 is 1.29 bits per heavy atom. The van der Waals surface area contributed by atoms with Crippen molar-refractivity contribution < 1.29 is 9.53 Å². The van der Waals surface area contributed by atoms with Gasteiger partial charge in [0.25, 0.3) is 5.91 Å². The largest absolute Gasteiger partial charge is 0.497 e. The quantitative estimate of drug-likeness (QED) is 0.704. The van der Waals surface area contributed by atoms with E-state index in [0.29, 0.717) is 17.1 Å². The van der Waals surface area contributed by atoms with Crippen molar-refractivity contribution >= 4 is 28.8 Å². The van der Waals surface area contributed by atoms with Crippen molar-refractivity contribution in [3.05, 3.63) is 64.4 Å². The van der Waals surface area contributed by atoms with E-state index in [4.69, 9.17) is 16.3 Å². The number of methoxy groups -OCH3 is 1. The summed E-state index contributed by atoms with van der Waals surface area (Å²) in [5, 5.41) is 3.08. The van der Waals surface area contributed by atoms with Crippen LogP contribution in [0.2, 0.25) is 5.28 Å². The van der Waals surface area contributed by atoms with Crippen molar-refractivity contribution in [1.29, 1.82) is 0 Å². The Bertz CT molecular complexity index is 866. The number of halogens is 1. The Morgan fingerprint density at radius 3 is 2.96 bits per heavy atom. The second-order valence-electron chi connectivity index (χ2n) is 4.91. The van der Waals surface area contributed by atoms with Crippen LogP contribution >= 0.6 is 22.9 Å². The molecule has 0 aliphatic rings. The molecule has 0 saturated heterocycles. The average molecular weight is 360 g/mol. The standard InChI is InChI=1S/C17H14ClN3O2S/c1-23-12-4-2-3-11(9-12)10-20-16(22)15-6-5-14(24-15)13-7-8-19-17(18)21-13/h2-9H,10H2,1H3,(H,20,22). The molecule has 24 heavy (non-hydrogen) atoms. The number of carbonyl (C=O) groups is 1. The van der Waals surface area contributed by atoms with E-state index >= 15 is 0 Å². The van der Waals surface area contributed by atoms with E-state index in [-0.39, 0.29) is 11.2 Å². The summed E-state index contributed by atoms with van der Waals surface area (Å²) in [6.07, 6.45) is 1.59. The lowest BCUT2D eigenvalue weighted by Gasteiger charge is -2.06. The van der Waals surface area contributed by atoms with Gasteiger partial charge in [0, 0.05) is 12.7 Å². The number of hydrogen-bond donors (Lipinski definition) is 1. The number of nitrogens with zero attached hydrogens (tertiary/aromatic N) is 2. The van der Waals surface area contributed by atoms with Gasteiger partial charge in [0.2, 0.25) is 5.28 Å². The number of thiophene rings is 1. The molecule has 0 spiro atoms. The van der Waals surface area contributed by atoms with Crippen LogP contribution in [0.1, 0.15) is 15.2 Å². The molecule has 2 heterocycles. The third kappa shape index (κ3) is 3.90. The van der Waals surface area contributed by atoms with E-state index in [9.17, 15) is 4.79 Å². The lowest BCUT2D eigenvalue weighted by molar-refractivity contribution is 0.0955. The number of ether oxygens (including phenoxy) is 1. The van der Waals surface area contributed by atoms with Gasteiger partial charge < -0.3 is 10.1 Å². The third-order valence-electron chi connectivity index (χ3n) is 3.30. The number of carbonyl (C=O) groups excluding carboxylic acids is 1. The maximum atomic E-state index is 12.3. The summed E-state index contributed by atoms with van der Waals surface area (Å²) in [4.78, 5) is 21.8. The van der Waals surface area contributed by atoms with Crippen LogP contribution in [0.4, 0.5) is 0 Å². The number of amides is 1. The summed E-state index contributed by atoms with van der Waals surface area (Å²) in [6.45, 7) is 0.433. The first-order chi connectivity index (χ1) is 11.7. The number of hydrogen-bond acceptors (Lipinski definition) is 5. The van der Waals surface area contributed by atoms with Gasteiger partial charge in [-0.25, -0.2) is 9.97 Å². The first-order valence-corrected chi connectivity index (χ1v) is 8.35. The van der Waals surface area contributed by atoms with Crippen molar-refractivity contribution in [2.75, 3.05) is 7.11 Å². The molecule has 0 aliphatic carbocycles. The van der Waals surface area contributed by atoms with Crippen LogP contribution in [-0.4, -0.2) is 23.0 Å². The normalized spacial score (nSPS) is 10.4. The van der Waals surface area contributed by atoms with Crippen LogP contribution in [0.15, 0.2) is 48.7 Å². The Morgan fingerprint density at radius 2 is 2.17 bits per heavy atom. The van der Waals surface area contributed by atoms with Crippen molar-refractivity contribution in [2.24, 2.45) is 0 Å². The predicted octanol–water partition coefficient (Wildman–Crippen LogP) is 3.80. The highest BCUT2D eigenvalue weighted by molar-refractivity contribution is 7.17. The second-order valence-corrected chi connectivity index (χ2v) is 6.33.